The van der Waals surface area contributed by atoms with Crippen molar-refractivity contribution in [2.75, 3.05) is 37.6 Å². The van der Waals surface area contributed by atoms with Crippen molar-refractivity contribution >= 4 is 23.4 Å². The number of nitrogens with one attached hydrogen (secondary N) is 2. The Labute approximate surface area is 192 Å². The Morgan fingerprint density at radius 3 is 2.33 bits per heavy atom. The normalized spacial score (nSPS) is 25.5. The summed E-state index contributed by atoms with van der Waals surface area (Å²) in [4.78, 5) is 48.0. The smallest absolute Gasteiger partial charge is 0.241 e. The average molecular weight is 449 g/mol. The number of pyridine rings is 1. The first-order valence-corrected chi connectivity index (χ1v) is 11.4. The Morgan fingerprint density at radius 2 is 1.64 bits per heavy atom. The van der Waals surface area contributed by atoms with Gasteiger partial charge in [-0.25, -0.2) is 10.9 Å². The summed E-state index contributed by atoms with van der Waals surface area (Å²) >= 11 is 0. The summed E-state index contributed by atoms with van der Waals surface area (Å²) in [6.07, 6.45) is 4.43. The molecular weight excluding hydrogens is 420 g/mol. The van der Waals surface area contributed by atoms with Gasteiger partial charge in [-0.1, -0.05) is 24.3 Å². The molecule has 2 aromatic rings. The number of nitrogens with zero attached hydrogens (tertiary/aromatic N) is 4. The standard InChI is InChI=1S/C24H28N6O3/c31-22-13-18(16-30(22)19-6-2-1-3-7-19)23(32)28-9-11-29(12-10-28)24(33)21-14-20(26-27-21)17-5-4-8-25-15-17/h1-8,15,18,20-21,26-27H,9-14,16H2. The topological polar surface area (TPSA) is 97.9 Å². The van der Waals surface area contributed by atoms with E-state index in [0.717, 1.165) is 11.3 Å². The lowest BCUT2D eigenvalue weighted by atomic mass is 10.0. The second-order valence-electron chi connectivity index (χ2n) is 8.81. The zero-order valence-electron chi connectivity index (χ0n) is 18.4. The van der Waals surface area contributed by atoms with Crippen LogP contribution in [-0.4, -0.2) is 71.3 Å². The SMILES string of the molecule is O=C(C1CC(=O)N(c2ccccc2)C1)N1CCN(C(=O)C2CC(c3cccnc3)NN2)CC1. The molecule has 4 heterocycles. The number of benzene rings is 1. The van der Waals surface area contributed by atoms with E-state index in [0.29, 0.717) is 39.1 Å². The number of piperazine rings is 1. The van der Waals surface area contributed by atoms with E-state index in [4.69, 9.17) is 0 Å². The molecule has 3 aliphatic rings. The van der Waals surface area contributed by atoms with Gasteiger partial charge in [-0.05, 0) is 30.2 Å². The molecule has 0 aliphatic carbocycles. The molecule has 3 atom stereocenters. The molecule has 33 heavy (non-hydrogen) atoms. The van der Waals surface area contributed by atoms with Gasteiger partial charge in [-0.3, -0.25) is 19.4 Å². The van der Waals surface area contributed by atoms with Gasteiger partial charge in [0.05, 0.1) is 5.92 Å². The molecule has 0 saturated carbocycles. The van der Waals surface area contributed by atoms with E-state index in [1.807, 2.05) is 53.6 Å². The molecule has 3 aliphatic heterocycles. The van der Waals surface area contributed by atoms with E-state index in [1.165, 1.54) is 0 Å². The summed E-state index contributed by atoms with van der Waals surface area (Å²) in [5, 5.41) is 0. The number of carbonyl (C=O) groups is 3. The third-order valence-electron chi connectivity index (χ3n) is 6.73. The molecule has 0 bridgehead atoms. The number of hydrogen-bond acceptors (Lipinski definition) is 6. The van der Waals surface area contributed by atoms with Crippen molar-refractivity contribution in [1.29, 1.82) is 0 Å². The number of aromatic nitrogens is 1. The third kappa shape index (κ3) is 4.46. The molecule has 9 heteroatoms. The van der Waals surface area contributed by atoms with Crippen LogP contribution in [0.3, 0.4) is 0 Å². The molecule has 0 radical (unpaired) electrons. The fraction of sp³-hybridized carbons (Fsp3) is 0.417. The predicted molar refractivity (Wildman–Crippen MR) is 122 cm³/mol. The number of anilines is 1. The van der Waals surface area contributed by atoms with Crippen LogP contribution in [0, 0.1) is 5.92 Å². The van der Waals surface area contributed by atoms with Gasteiger partial charge in [-0.15, -0.1) is 0 Å². The minimum atomic E-state index is -0.333. The maximum Gasteiger partial charge on any atom is 0.241 e. The van der Waals surface area contributed by atoms with Crippen LogP contribution in [-0.2, 0) is 14.4 Å². The van der Waals surface area contributed by atoms with E-state index in [1.54, 1.807) is 16.0 Å². The van der Waals surface area contributed by atoms with E-state index in [9.17, 15) is 14.4 Å². The maximum atomic E-state index is 13.1. The zero-order valence-corrected chi connectivity index (χ0v) is 18.4. The highest BCUT2D eigenvalue weighted by molar-refractivity contribution is 6.00. The highest BCUT2D eigenvalue weighted by Crippen LogP contribution is 2.27. The van der Waals surface area contributed by atoms with Crippen LogP contribution in [0.15, 0.2) is 54.9 Å². The second-order valence-corrected chi connectivity index (χ2v) is 8.81. The number of para-hydroxylation sites is 1. The van der Waals surface area contributed by atoms with Gasteiger partial charge in [0.15, 0.2) is 0 Å². The molecule has 3 fully saturated rings. The minimum Gasteiger partial charge on any atom is -0.339 e. The quantitative estimate of drug-likeness (QED) is 0.715. The predicted octanol–water partition coefficient (Wildman–Crippen LogP) is 0.713. The number of hydrogen-bond donors (Lipinski definition) is 2. The lowest BCUT2D eigenvalue weighted by Gasteiger charge is -2.36. The van der Waals surface area contributed by atoms with Crippen molar-refractivity contribution in [3.8, 4) is 0 Å². The molecule has 3 unspecified atom stereocenters. The van der Waals surface area contributed by atoms with Gasteiger partial charge < -0.3 is 14.7 Å². The van der Waals surface area contributed by atoms with Crippen LogP contribution in [0.2, 0.25) is 0 Å². The van der Waals surface area contributed by atoms with Crippen molar-refractivity contribution in [1.82, 2.24) is 25.6 Å². The Balaban J connectivity index is 1.13. The van der Waals surface area contributed by atoms with Crippen LogP contribution in [0.1, 0.15) is 24.4 Å². The Bertz CT molecular complexity index is 1010. The summed E-state index contributed by atoms with van der Waals surface area (Å²) in [6.45, 7) is 2.40. The van der Waals surface area contributed by atoms with Crippen molar-refractivity contribution in [3.05, 3.63) is 60.4 Å². The molecule has 2 N–H and O–H groups in total. The summed E-state index contributed by atoms with van der Waals surface area (Å²) in [5.74, 6) is -0.296. The van der Waals surface area contributed by atoms with Crippen LogP contribution in [0.5, 0.6) is 0 Å². The summed E-state index contributed by atoms with van der Waals surface area (Å²) < 4.78 is 0. The van der Waals surface area contributed by atoms with Crippen molar-refractivity contribution in [2.45, 2.75) is 24.9 Å². The number of carbonyl (C=O) groups excluding carboxylic acids is 3. The number of amides is 3. The Hall–Kier alpha value is -3.30. The minimum absolute atomic E-state index is 0.00572. The highest BCUT2D eigenvalue weighted by Gasteiger charge is 2.39. The molecule has 9 nitrogen and oxygen atoms in total. The van der Waals surface area contributed by atoms with Crippen molar-refractivity contribution in [3.63, 3.8) is 0 Å². The molecule has 0 spiro atoms. The monoisotopic (exact) mass is 448 g/mol. The fourth-order valence-electron chi connectivity index (χ4n) is 4.88. The Morgan fingerprint density at radius 1 is 0.909 bits per heavy atom. The van der Waals surface area contributed by atoms with Crippen LogP contribution in [0.4, 0.5) is 5.69 Å². The van der Waals surface area contributed by atoms with Crippen molar-refractivity contribution < 1.29 is 14.4 Å². The number of hydrazine groups is 1. The van der Waals surface area contributed by atoms with E-state index < -0.39 is 0 Å². The molecule has 1 aromatic heterocycles. The van der Waals surface area contributed by atoms with Gasteiger partial charge in [0.25, 0.3) is 0 Å². The summed E-state index contributed by atoms with van der Waals surface area (Å²) in [6, 6.07) is 13.1. The highest BCUT2D eigenvalue weighted by atomic mass is 16.2. The molecule has 172 valence electrons. The molecule has 3 saturated heterocycles. The average Bonchev–Trinajstić information content (AvgIpc) is 3.52. The Kier molecular flexibility index (Phi) is 6.06. The molecule has 3 amide bonds. The molecule has 1 aromatic carbocycles. The number of rotatable bonds is 4. The molecule has 5 rings (SSSR count). The second kappa shape index (κ2) is 9.29. The maximum absolute atomic E-state index is 13.1. The summed E-state index contributed by atoms with van der Waals surface area (Å²) in [7, 11) is 0. The van der Waals surface area contributed by atoms with Crippen LogP contribution in [0.25, 0.3) is 0 Å². The van der Waals surface area contributed by atoms with Gasteiger partial charge in [0.2, 0.25) is 17.7 Å². The lowest BCUT2D eigenvalue weighted by molar-refractivity contribution is -0.142. The van der Waals surface area contributed by atoms with Gasteiger partial charge >= 0.3 is 0 Å². The van der Waals surface area contributed by atoms with E-state index in [2.05, 4.69) is 15.8 Å². The fourth-order valence-corrected chi connectivity index (χ4v) is 4.88. The molecular formula is C24H28N6O3. The van der Waals surface area contributed by atoms with E-state index in [-0.39, 0.29) is 42.1 Å². The van der Waals surface area contributed by atoms with Crippen molar-refractivity contribution in [2.24, 2.45) is 5.92 Å². The first kappa shape index (κ1) is 21.5. The lowest BCUT2D eigenvalue weighted by Crippen LogP contribution is -2.55. The first-order chi connectivity index (χ1) is 16.1. The largest absolute Gasteiger partial charge is 0.339 e. The third-order valence-corrected chi connectivity index (χ3v) is 6.73. The van der Waals surface area contributed by atoms with Gasteiger partial charge in [0.1, 0.15) is 6.04 Å². The summed E-state index contributed by atoms with van der Waals surface area (Å²) in [5.41, 5.74) is 8.18. The van der Waals surface area contributed by atoms with E-state index >= 15 is 0 Å². The first-order valence-electron chi connectivity index (χ1n) is 11.4. The van der Waals surface area contributed by atoms with Crippen LogP contribution < -0.4 is 15.8 Å². The van der Waals surface area contributed by atoms with Crippen LogP contribution >= 0.6 is 0 Å². The zero-order chi connectivity index (χ0) is 22.8. The van der Waals surface area contributed by atoms with Gasteiger partial charge in [-0.2, -0.15) is 0 Å². The van der Waals surface area contributed by atoms with Gasteiger partial charge in [0, 0.05) is 63.3 Å².